The summed E-state index contributed by atoms with van der Waals surface area (Å²) in [6.45, 7) is 0. The van der Waals surface area contributed by atoms with Gasteiger partial charge in [0.15, 0.2) is 12.4 Å². The number of hydrogen-bond acceptors (Lipinski definition) is 2. The van der Waals surface area contributed by atoms with E-state index in [-0.39, 0.29) is 29.9 Å². The van der Waals surface area contributed by atoms with Crippen LogP contribution in [-0.4, -0.2) is 17.1 Å². The minimum Gasteiger partial charge on any atom is -1.00 e. The predicted octanol–water partition coefficient (Wildman–Crippen LogP) is -1.24. The minimum absolute atomic E-state index is 0. The molecule has 0 aliphatic heterocycles. The Hall–Kier alpha value is -2.22. The number of carbonyl (C=O) groups excluding carboxylic acids is 1. The van der Waals surface area contributed by atoms with Crippen molar-refractivity contribution in [3.05, 3.63) is 66.1 Å². The number of nitrogens with one attached hydrogen (secondary N) is 2. The van der Waals surface area contributed by atoms with E-state index in [4.69, 9.17) is 0 Å². The number of H-pyrrole nitrogens is 1. The van der Waals surface area contributed by atoms with Gasteiger partial charge in [-0.2, -0.15) is 5.10 Å². The predicted molar refractivity (Wildman–Crippen MR) is 81.0 cm³/mol. The van der Waals surface area contributed by atoms with E-state index in [0.29, 0.717) is 5.56 Å². The molecule has 0 unspecified atom stereocenters. The zero-order chi connectivity index (χ0) is 14.7. The molecule has 0 spiro atoms. The topological polar surface area (TPSA) is 61.1 Å². The lowest BCUT2D eigenvalue weighted by atomic mass is 10.2. The summed E-state index contributed by atoms with van der Waals surface area (Å²) in [4.78, 5) is 15.1. The van der Waals surface area contributed by atoms with Crippen molar-refractivity contribution in [2.45, 2.75) is 0 Å². The zero-order valence-corrected chi connectivity index (χ0v) is 14.1. The standard InChI is InChI=1S/C16H14N4O.HI/c1-20-8-4-5-12(11-20)16(21)19-18-10-13-9-17-15-7-3-2-6-14(13)15;/h2-11H,1H3,(H-,17,18,19,21);1H. The van der Waals surface area contributed by atoms with Crippen molar-refractivity contribution in [3.8, 4) is 0 Å². The molecule has 0 aliphatic rings. The van der Waals surface area contributed by atoms with Gasteiger partial charge < -0.3 is 29.0 Å². The van der Waals surface area contributed by atoms with Crippen LogP contribution in [0.4, 0.5) is 0 Å². The molecule has 0 saturated heterocycles. The van der Waals surface area contributed by atoms with Crippen LogP contribution in [0.1, 0.15) is 15.9 Å². The summed E-state index contributed by atoms with van der Waals surface area (Å²) in [6.07, 6.45) is 7.12. The summed E-state index contributed by atoms with van der Waals surface area (Å²) < 4.78 is 1.82. The first-order valence-corrected chi connectivity index (χ1v) is 6.59. The molecule has 0 atom stereocenters. The first kappa shape index (κ1) is 16.2. The molecule has 5 nitrogen and oxygen atoms in total. The maximum atomic E-state index is 11.9. The molecule has 1 aromatic carbocycles. The Bertz CT molecular complexity index is 826. The van der Waals surface area contributed by atoms with Crippen molar-refractivity contribution in [3.63, 3.8) is 0 Å². The van der Waals surface area contributed by atoms with Gasteiger partial charge in [-0.1, -0.05) is 18.2 Å². The molecule has 3 aromatic rings. The van der Waals surface area contributed by atoms with E-state index < -0.39 is 0 Å². The summed E-state index contributed by atoms with van der Waals surface area (Å²) in [5.74, 6) is -0.234. The molecule has 112 valence electrons. The van der Waals surface area contributed by atoms with E-state index >= 15 is 0 Å². The summed E-state index contributed by atoms with van der Waals surface area (Å²) in [7, 11) is 1.87. The van der Waals surface area contributed by atoms with E-state index in [1.165, 1.54) is 0 Å². The van der Waals surface area contributed by atoms with Gasteiger partial charge in [-0.25, -0.2) is 9.99 Å². The highest BCUT2D eigenvalue weighted by Crippen LogP contribution is 2.15. The summed E-state index contributed by atoms with van der Waals surface area (Å²) >= 11 is 0. The first-order valence-electron chi connectivity index (χ1n) is 6.59. The molecule has 3 rings (SSSR count). The van der Waals surface area contributed by atoms with Gasteiger partial charge in [-0.05, 0) is 12.1 Å². The SMILES string of the molecule is C[n+]1cccc(C(=O)N/N=C/c2c[nH]c3ccccc23)c1.[I-]. The second-order valence-electron chi connectivity index (χ2n) is 4.75. The average molecular weight is 406 g/mol. The molecule has 1 amide bonds. The number of aryl methyl sites for hydroxylation is 1. The van der Waals surface area contributed by atoms with E-state index in [0.717, 1.165) is 16.5 Å². The molecule has 2 aromatic heterocycles. The maximum Gasteiger partial charge on any atom is 0.277 e. The number of aromatic nitrogens is 2. The number of nitrogens with zero attached hydrogens (tertiary/aromatic N) is 2. The minimum atomic E-state index is -0.234. The quantitative estimate of drug-likeness (QED) is 0.243. The molecule has 0 radical (unpaired) electrons. The van der Waals surface area contributed by atoms with Crippen LogP contribution < -0.4 is 34.0 Å². The Morgan fingerprint density at radius 3 is 2.91 bits per heavy atom. The van der Waals surface area contributed by atoms with Crippen molar-refractivity contribution in [1.82, 2.24) is 10.4 Å². The van der Waals surface area contributed by atoms with Crippen LogP contribution in [0.5, 0.6) is 0 Å². The van der Waals surface area contributed by atoms with Crippen LogP contribution in [-0.2, 0) is 7.05 Å². The van der Waals surface area contributed by atoms with Crippen molar-refractivity contribution in [2.75, 3.05) is 0 Å². The molecule has 2 N–H and O–H groups in total. The molecule has 0 aliphatic carbocycles. The van der Waals surface area contributed by atoms with Gasteiger partial charge in [-0.3, -0.25) is 4.79 Å². The number of benzene rings is 1. The lowest BCUT2D eigenvalue weighted by molar-refractivity contribution is -0.671. The second-order valence-corrected chi connectivity index (χ2v) is 4.75. The number of hydrogen-bond donors (Lipinski definition) is 2. The third-order valence-electron chi connectivity index (χ3n) is 3.19. The molecular weight excluding hydrogens is 391 g/mol. The van der Waals surface area contributed by atoms with Crippen LogP contribution in [0.25, 0.3) is 10.9 Å². The Morgan fingerprint density at radius 1 is 1.27 bits per heavy atom. The molecule has 0 saturated carbocycles. The number of para-hydroxylation sites is 1. The Balaban J connectivity index is 0.00000176. The number of pyridine rings is 1. The smallest absolute Gasteiger partial charge is 0.277 e. The van der Waals surface area contributed by atoms with E-state index in [1.807, 2.05) is 54.3 Å². The van der Waals surface area contributed by atoms with Crippen LogP contribution in [0.15, 0.2) is 60.1 Å². The molecular formula is C16H15IN4O. The van der Waals surface area contributed by atoms with Crippen LogP contribution in [0.2, 0.25) is 0 Å². The molecule has 0 bridgehead atoms. The normalized spacial score (nSPS) is 10.6. The van der Waals surface area contributed by atoms with Crippen LogP contribution in [0, 0.1) is 0 Å². The summed E-state index contributed by atoms with van der Waals surface area (Å²) in [5, 5.41) is 5.09. The first-order chi connectivity index (χ1) is 10.2. The highest BCUT2D eigenvalue weighted by atomic mass is 127. The zero-order valence-electron chi connectivity index (χ0n) is 12.0. The fraction of sp³-hybridized carbons (Fsp3) is 0.0625. The van der Waals surface area contributed by atoms with Gasteiger partial charge >= 0.3 is 0 Å². The second kappa shape index (κ2) is 7.17. The summed E-state index contributed by atoms with van der Waals surface area (Å²) in [6, 6.07) is 11.5. The maximum absolute atomic E-state index is 11.9. The van der Waals surface area contributed by atoms with Gasteiger partial charge in [0.05, 0.1) is 6.21 Å². The largest absolute Gasteiger partial charge is 1.00 e. The third kappa shape index (κ3) is 3.51. The molecule has 6 heteroatoms. The number of hydrazone groups is 1. The van der Waals surface area contributed by atoms with Crippen molar-refractivity contribution in [1.29, 1.82) is 0 Å². The number of fused-ring (bicyclic) bond motifs is 1. The van der Waals surface area contributed by atoms with Gasteiger partial charge in [0.1, 0.15) is 12.6 Å². The summed E-state index contributed by atoms with van der Waals surface area (Å²) in [5.41, 5.74) is 5.07. The average Bonchev–Trinajstić information content (AvgIpc) is 2.91. The van der Waals surface area contributed by atoms with E-state index in [1.54, 1.807) is 18.5 Å². The Kier molecular flexibility index (Phi) is 5.26. The highest BCUT2D eigenvalue weighted by molar-refractivity contribution is 6.00. The molecule has 2 heterocycles. The van der Waals surface area contributed by atoms with Crippen LogP contribution >= 0.6 is 0 Å². The highest BCUT2D eigenvalue weighted by Gasteiger charge is 2.07. The van der Waals surface area contributed by atoms with Crippen molar-refractivity contribution < 1.29 is 33.3 Å². The molecule has 22 heavy (non-hydrogen) atoms. The number of carbonyl (C=O) groups is 1. The van der Waals surface area contributed by atoms with Crippen LogP contribution in [0.3, 0.4) is 0 Å². The Labute approximate surface area is 145 Å². The van der Waals surface area contributed by atoms with E-state index in [9.17, 15) is 4.79 Å². The number of amides is 1. The fourth-order valence-corrected chi connectivity index (χ4v) is 2.15. The third-order valence-corrected chi connectivity index (χ3v) is 3.19. The van der Waals surface area contributed by atoms with Gasteiger partial charge in [0.2, 0.25) is 0 Å². The number of rotatable bonds is 3. The lowest BCUT2D eigenvalue weighted by Gasteiger charge is -1.97. The lowest BCUT2D eigenvalue weighted by Crippen LogP contribution is -3.00. The fourth-order valence-electron chi connectivity index (χ4n) is 2.15. The Morgan fingerprint density at radius 2 is 2.09 bits per heavy atom. The number of halogens is 1. The molecule has 0 fully saturated rings. The van der Waals surface area contributed by atoms with E-state index in [2.05, 4.69) is 15.5 Å². The monoisotopic (exact) mass is 406 g/mol. The van der Waals surface area contributed by atoms with Gasteiger partial charge in [0, 0.05) is 28.7 Å². The van der Waals surface area contributed by atoms with Crippen molar-refractivity contribution in [2.24, 2.45) is 12.1 Å². The van der Waals surface area contributed by atoms with Gasteiger partial charge in [-0.15, -0.1) is 0 Å². The van der Waals surface area contributed by atoms with Crippen molar-refractivity contribution >= 4 is 23.0 Å². The van der Waals surface area contributed by atoms with Gasteiger partial charge in [0.25, 0.3) is 5.91 Å². The number of aromatic amines is 1.